The Morgan fingerprint density at radius 1 is 1.17 bits per heavy atom. The van der Waals surface area contributed by atoms with Gasteiger partial charge >= 0.3 is 0 Å². The molecule has 2 heterocycles. The number of carbonyl (C=O) groups excluding carboxylic acids is 2. The monoisotopic (exact) mass is 415 g/mol. The molecule has 0 radical (unpaired) electrons. The molecule has 29 heavy (non-hydrogen) atoms. The van der Waals surface area contributed by atoms with Gasteiger partial charge in [0.1, 0.15) is 16.8 Å². The topological polar surface area (TPSA) is 80.1 Å². The molecule has 0 aliphatic heterocycles. The highest BCUT2D eigenvalue weighted by Gasteiger charge is 2.25. The Balaban J connectivity index is 1.74. The molecule has 0 spiro atoms. The number of nitrogens with one attached hydrogen (secondary N) is 1. The lowest BCUT2D eigenvalue weighted by Crippen LogP contribution is -2.35. The quantitative estimate of drug-likeness (QED) is 0.692. The number of amides is 2. The van der Waals surface area contributed by atoms with Crippen molar-refractivity contribution in [3.8, 4) is 5.69 Å². The molecule has 150 valence electrons. The van der Waals surface area contributed by atoms with Gasteiger partial charge in [-0.15, -0.1) is 0 Å². The molecule has 0 unspecified atom stereocenters. The molecular weight excluding hydrogens is 397 g/mol. The van der Waals surface area contributed by atoms with Gasteiger partial charge in [-0.1, -0.05) is 17.7 Å². The lowest BCUT2D eigenvalue weighted by Gasteiger charge is -2.16. The number of benzene rings is 1. The number of carbonyl (C=O) groups is 2. The second-order valence-electron chi connectivity index (χ2n) is 6.57. The third-order valence-electron chi connectivity index (χ3n) is 4.20. The Kier molecular flexibility index (Phi) is 5.93. The van der Waals surface area contributed by atoms with E-state index in [1.54, 1.807) is 19.2 Å². The number of pyridine rings is 1. The highest BCUT2D eigenvalue weighted by atomic mass is 35.5. The van der Waals surface area contributed by atoms with E-state index in [0.717, 1.165) is 5.56 Å². The molecule has 3 rings (SSSR count). The number of nitrogens with zero attached hydrogens (tertiary/aromatic N) is 4. The number of hydrogen-bond donors (Lipinski definition) is 1. The Morgan fingerprint density at radius 3 is 2.48 bits per heavy atom. The maximum Gasteiger partial charge on any atom is 0.259 e. The lowest BCUT2D eigenvalue weighted by molar-refractivity contribution is -0.116. The van der Waals surface area contributed by atoms with E-state index < -0.39 is 11.8 Å². The molecule has 0 saturated heterocycles. The maximum absolute atomic E-state index is 13.2. The van der Waals surface area contributed by atoms with Crippen LogP contribution in [0.15, 0.2) is 42.6 Å². The van der Waals surface area contributed by atoms with Crippen LogP contribution in [0.3, 0.4) is 0 Å². The minimum Gasteiger partial charge on any atom is -0.332 e. The number of aryl methyl sites for hydroxylation is 2. The molecule has 3 aromatic rings. The van der Waals surface area contributed by atoms with Crippen LogP contribution in [0.4, 0.5) is 10.2 Å². The van der Waals surface area contributed by atoms with Gasteiger partial charge in [0.2, 0.25) is 5.91 Å². The summed E-state index contributed by atoms with van der Waals surface area (Å²) >= 11 is 6.37. The summed E-state index contributed by atoms with van der Waals surface area (Å²) in [4.78, 5) is 30.4. The fraction of sp³-hybridized carbons (Fsp3) is 0.200. The van der Waals surface area contributed by atoms with Gasteiger partial charge in [0.15, 0.2) is 0 Å². The third kappa shape index (κ3) is 4.60. The standard InChI is InChI=1S/C20H19ClFN5O2/c1-12-4-9-16(23-10-12)24-17(28)11-26(3)20(29)18-13(2)25-27(19(18)21)15-7-5-14(22)6-8-15/h4-10H,11H2,1-3H3,(H,23,24,28). The summed E-state index contributed by atoms with van der Waals surface area (Å²) in [7, 11) is 1.50. The summed E-state index contributed by atoms with van der Waals surface area (Å²) in [6.07, 6.45) is 1.64. The number of aromatic nitrogens is 3. The zero-order valence-electron chi connectivity index (χ0n) is 16.1. The summed E-state index contributed by atoms with van der Waals surface area (Å²) in [6, 6.07) is 9.08. The van der Waals surface area contributed by atoms with E-state index >= 15 is 0 Å². The van der Waals surface area contributed by atoms with Crippen molar-refractivity contribution in [2.75, 3.05) is 18.9 Å². The molecular formula is C20H19ClFN5O2. The van der Waals surface area contributed by atoms with Crippen molar-refractivity contribution in [3.05, 3.63) is 70.4 Å². The van der Waals surface area contributed by atoms with E-state index in [2.05, 4.69) is 15.4 Å². The van der Waals surface area contributed by atoms with Gasteiger partial charge in [-0.3, -0.25) is 9.59 Å². The van der Waals surface area contributed by atoms with Crippen LogP contribution in [-0.2, 0) is 4.79 Å². The van der Waals surface area contributed by atoms with Crippen molar-refractivity contribution >= 4 is 29.2 Å². The Labute approximate surface area is 172 Å². The van der Waals surface area contributed by atoms with E-state index in [-0.39, 0.29) is 23.1 Å². The summed E-state index contributed by atoms with van der Waals surface area (Å²) in [6.45, 7) is 3.35. The minimum atomic E-state index is -0.451. The predicted octanol–water partition coefficient (Wildman–Crippen LogP) is 3.39. The molecule has 0 aliphatic carbocycles. The molecule has 0 fully saturated rings. The van der Waals surface area contributed by atoms with Crippen molar-refractivity contribution in [1.82, 2.24) is 19.7 Å². The number of halogens is 2. The SMILES string of the molecule is Cc1ccc(NC(=O)CN(C)C(=O)c2c(C)nn(-c3ccc(F)cc3)c2Cl)nc1. The van der Waals surface area contributed by atoms with Crippen molar-refractivity contribution in [2.45, 2.75) is 13.8 Å². The van der Waals surface area contributed by atoms with E-state index in [0.29, 0.717) is 17.2 Å². The molecule has 0 bridgehead atoms. The maximum atomic E-state index is 13.2. The second-order valence-corrected chi connectivity index (χ2v) is 6.93. The average molecular weight is 416 g/mol. The summed E-state index contributed by atoms with van der Waals surface area (Å²) in [5.41, 5.74) is 2.07. The van der Waals surface area contributed by atoms with Crippen molar-refractivity contribution in [2.24, 2.45) is 0 Å². The van der Waals surface area contributed by atoms with Gasteiger partial charge < -0.3 is 10.2 Å². The first-order chi connectivity index (χ1) is 13.8. The smallest absolute Gasteiger partial charge is 0.259 e. The van der Waals surface area contributed by atoms with Crippen molar-refractivity contribution < 1.29 is 14.0 Å². The van der Waals surface area contributed by atoms with Gasteiger partial charge in [0.25, 0.3) is 5.91 Å². The summed E-state index contributed by atoms with van der Waals surface area (Å²) < 4.78 is 14.5. The largest absolute Gasteiger partial charge is 0.332 e. The van der Waals surface area contributed by atoms with Crippen LogP contribution in [0.25, 0.3) is 5.69 Å². The van der Waals surface area contributed by atoms with Gasteiger partial charge in [0, 0.05) is 13.2 Å². The minimum absolute atomic E-state index is 0.0894. The fourth-order valence-corrected chi connectivity index (χ4v) is 3.05. The highest BCUT2D eigenvalue weighted by Crippen LogP contribution is 2.25. The number of anilines is 1. The molecule has 2 amide bonds. The molecule has 1 aromatic carbocycles. The summed E-state index contributed by atoms with van der Waals surface area (Å²) in [5.74, 6) is -0.830. The van der Waals surface area contributed by atoms with Gasteiger partial charge in [-0.2, -0.15) is 5.10 Å². The molecule has 0 atom stereocenters. The first-order valence-corrected chi connectivity index (χ1v) is 9.13. The predicted molar refractivity (Wildman–Crippen MR) is 108 cm³/mol. The van der Waals surface area contributed by atoms with Crippen molar-refractivity contribution in [3.63, 3.8) is 0 Å². The zero-order chi connectivity index (χ0) is 21.1. The van der Waals surface area contributed by atoms with E-state index in [4.69, 9.17) is 11.6 Å². The van der Waals surface area contributed by atoms with Crippen LogP contribution >= 0.6 is 11.6 Å². The fourth-order valence-electron chi connectivity index (χ4n) is 2.70. The Bertz CT molecular complexity index is 1050. The average Bonchev–Trinajstić information content (AvgIpc) is 2.97. The molecule has 7 nitrogen and oxygen atoms in total. The zero-order valence-corrected chi connectivity index (χ0v) is 16.9. The number of rotatable bonds is 5. The first kappa shape index (κ1) is 20.5. The van der Waals surface area contributed by atoms with E-state index in [1.165, 1.54) is 40.9 Å². The van der Waals surface area contributed by atoms with Gasteiger partial charge in [-0.25, -0.2) is 14.1 Å². The lowest BCUT2D eigenvalue weighted by atomic mass is 10.2. The van der Waals surface area contributed by atoms with Gasteiger partial charge in [0.05, 0.1) is 23.5 Å². The van der Waals surface area contributed by atoms with Crippen LogP contribution in [0.2, 0.25) is 5.15 Å². The van der Waals surface area contributed by atoms with Crippen LogP contribution in [0.5, 0.6) is 0 Å². The summed E-state index contributed by atoms with van der Waals surface area (Å²) in [5, 5.41) is 7.00. The van der Waals surface area contributed by atoms with E-state index in [1.807, 2.05) is 13.0 Å². The third-order valence-corrected chi connectivity index (χ3v) is 4.54. The highest BCUT2D eigenvalue weighted by molar-refractivity contribution is 6.33. The van der Waals surface area contributed by atoms with Crippen LogP contribution in [-0.4, -0.2) is 45.1 Å². The Hall–Kier alpha value is -3.26. The van der Waals surface area contributed by atoms with Crippen LogP contribution < -0.4 is 5.32 Å². The molecule has 9 heteroatoms. The number of hydrogen-bond acceptors (Lipinski definition) is 4. The molecule has 2 aromatic heterocycles. The van der Waals surface area contributed by atoms with E-state index in [9.17, 15) is 14.0 Å². The second kappa shape index (κ2) is 8.40. The van der Waals surface area contributed by atoms with Crippen LogP contribution in [0.1, 0.15) is 21.6 Å². The molecule has 0 saturated carbocycles. The normalized spacial score (nSPS) is 10.7. The van der Waals surface area contributed by atoms with Crippen molar-refractivity contribution in [1.29, 1.82) is 0 Å². The number of likely N-dealkylation sites (N-methyl/N-ethyl adjacent to an activating group) is 1. The van der Waals surface area contributed by atoms with Crippen LogP contribution in [0, 0.1) is 19.7 Å². The molecule has 0 aliphatic rings. The molecule has 1 N–H and O–H groups in total. The first-order valence-electron chi connectivity index (χ1n) is 8.75. The van der Waals surface area contributed by atoms with Gasteiger partial charge in [-0.05, 0) is 49.7 Å². The Morgan fingerprint density at radius 2 is 1.86 bits per heavy atom.